The number of halogens is 1. The van der Waals surface area contributed by atoms with Crippen LogP contribution in [0.4, 0.5) is 5.82 Å². The summed E-state index contributed by atoms with van der Waals surface area (Å²) in [6, 6.07) is 0. The van der Waals surface area contributed by atoms with Crippen molar-refractivity contribution in [2.45, 2.75) is 46.0 Å². The maximum absolute atomic E-state index is 6.17. The number of rotatable bonds is 6. The first-order chi connectivity index (χ1) is 9.19. The van der Waals surface area contributed by atoms with Crippen LogP contribution >= 0.6 is 11.6 Å². The van der Waals surface area contributed by atoms with Gasteiger partial charge in [-0.15, -0.1) is 0 Å². The molecule has 0 atom stereocenters. The van der Waals surface area contributed by atoms with Crippen molar-refractivity contribution in [2.24, 2.45) is 17.8 Å². The lowest BCUT2D eigenvalue weighted by molar-refractivity contribution is 0.427. The molecule has 1 aromatic heterocycles. The van der Waals surface area contributed by atoms with Crippen LogP contribution in [0.1, 0.15) is 44.0 Å². The molecule has 0 radical (unpaired) electrons. The maximum Gasteiger partial charge on any atom is 0.137 e. The van der Waals surface area contributed by atoms with E-state index < -0.39 is 0 Å². The molecular formula is C15H22ClN3. The number of nitrogens with one attached hydrogen (secondary N) is 1. The minimum absolute atomic E-state index is 0.587. The maximum atomic E-state index is 6.17. The van der Waals surface area contributed by atoms with Gasteiger partial charge in [0.05, 0.1) is 0 Å². The lowest BCUT2D eigenvalue weighted by atomic mass is 9.98. The summed E-state index contributed by atoms with van der Waals surface area (Å²) in [6.45, 7) is 5.10. The predicted molar refractivity (Wildman–Crippen MR) is 78.6 cm³/mol. The summed E-state index contributed by atoms with van der Waals surface area (Å²) in [6.07, 6.45) is 6.52. The van der Waals surface area contributed by atoms with Gasteiger partial charge < -0.3 is 5.32 Å². The molecule has 2 aliphatic rings. The van der Waals surface area contributed by atoms with Crippen molar-refractivity contribution >= 4 is 17.4 Å². The van der Waals surface area contributed by atoms with E-state index in [9.17, 15) is 0 Å². The van der Waals surface area contributed by atoms with Gasteiger partial charge in [-0.05, 0) is 50.4 Å². The van der Waals surface area contributed by atoms with Gasteiger partial charge in [0.2, 0.25) is 0 Å². The highest BCUT2D eigenvalue weighted by atomic mass is 35.5. The molecule has 19 heavy (non-hydrogen) atoms. The molecule has 0 saturated heterocycles. The molecular weight excluding hydrogens is 258 g/mol. The van der Waals surface area contributed by atoms with Crippen LogP contribution in [0, 0.1) is 24.7 Å². The van der Waals surface area contributed by atoms with Gasteiger partial charge in [0.25, 0.3) is 0 Å². The number of anilines is 1. The Kier molecular flexibility index (Phi) is 3.66. The molecule has 0 bridgehead atoms. The van der Waals surface area contributed by atoms with Crippen LogP contribution in [0.15, 0.2) is 0 Å². The fourth-order valence-corrected chi connectivity index (χ4v) is 3.03. The summed E-state index contributed by atoms with van der Waals surface area (Å²) < 4.78 is 0. The second-order valence-electron chi connectivity index (χ2n) is 5.98. The molecule has 1 heterocycles. The van der Waals surface area contributed by atoms with Gasteiger partial charge in [-0.25, -0.2) is 9.97 Å². The van der Waals surface area contributed by atoms with Gasteiger partial charge >= 0.3 is 0 Å². The third-order valence-corrected chi connectivity index (χ3v) is 4.78. The van der Waals surface area contributed by atoms with E-state index in [0.29, 0.717) is 5.15 Å². The molecule has 1 N–H and O–H groups in total. The summed E-state index contributed by atoms with van der Waals surface area (Å²) in [5.41, 5.74) is 0.976. The van der Waals surface area contributed by atoms with Crippen LogP contribution in [0.3, 0.4) is 0 Å². The van der Waals surface area contributed by atoms with Gasteiger partial charge in [0, 0.05) is 18.5 Å². The zero-order valence-electron chi connectivity index (χ0n) is 11.7. The monoisotopic (exact) mass is 279 g/mol. The highest BCUT2D eigenvalue weighted by Crippen LogP contribution is 2.49. The van der Waals surface area contributed by atoms with Crippen LogP contribution < -0.4 is 5.32 Å². The van der Waals surface area contributed by atoms with Crippen molar-refractivity contribution in [3.05, 3.63) is 16.5 Å². The molecule has 0 aliphatic heterocycles. The van der Waals surface area contributed by atoms with Crippen LogP contribution in [0.25, 0.3) is 0 Å². The van der Waals surface area contributed by atoms with Crippen molar-refractivity contribution in [3.8, 4) is 0 Å². The Morgan fingerprint density at radius 3 is 2.37 bits per heavy atom. The van der Waals surface area contributed by atoms with Crippen LogP contribution in [-0.4, -0.2) is 16.5 Å². The Morgan fingerprint density at radius 2 is 1.84 bits per heavy atom. The highest BCUT2D eigenvalue weighted by molar-refractivity contribution is 6.30. The van der Waals surface area contributed by atoms with Crippen molar-refractivity contribution in [1.82, 2.24) is 9.97 Å². The van der Waals surface area contributed by atoms with E-state index in [1.807, 2.05) is 6.92 Å². The SMILES string of the molecule is CCc1nc(Cl)c(C)c(NCC(C2CC2)C2CC2)n1. The molecule has 0 unspecified atom stereocenters. The fraction of sp³-hybridized carbons (Fsp3) is 0.733. The third-order valence-electron chi connectivity index (χ3n) is 4.41. The average molecular weight is 280 g/mol. The second-order valence-corrected chi connectivity index (χ2v) is 6.34. The Hall–Kier alpha value is -0.830. The Labute approximate surface area is 120 Å². The standard InChI is InChI=1S/C15H22ClN3/c1-3-13-18-14(16)9(2)15(19-13)17-8-12(10-4-5-10)11-6-7-11/h10-12H,3-8H2,1-2H3,(H,17,18,19). The van der Waals surface area contributed by atoms with Gasteiger partial charge in [-0.2, -0.15) is 0 Å². The molecule has 3 nitrogen and oxygen atoms in total. The summed E-state index contributed by atoms with van der Waals surface area (Å²) in [7, 11) is 0. The van der Waals surface area contributed by atoms with Gasteiger partial charge in [-0.3, -0.25) is 0 Å². The molecule has 0 aromatic carbocycles. The number of aryl methyl sites for hydroxylation is 1. The minimum atomic E-state index is 0.587. The summed E-state index contributed by atoms with van der Waals surface area (Å²) in [5.74, 6) is 4.53. The summed E-state index contributed by atoms with van der Waals surface area (Å²) >= 11 is 6.17. The zero-order valence-corrected chi connectivity index (χ0v) is 12.5. The predicted octanol–water partition coefficient (Wildman–Crippen LogP) is 3.85. The van der Waals surface area contributed by atoms with E-state index in [2.05, 4.69) is 22.2 Å². The van der Waals surface area contributed by atoms with E-state index in [1.165, 1.54) is 25.7 Å². The molecule has 3 rings (SSSR count). The summed E-state index contributed by atoms with van der Waals surface area (Å²) in [5, 5.41) is 4.12. The molecule has 1 aromatic rings. The first-order valence-electron chi connectivity index (χ1n) is 7.46. The van der Waals surface area contributed by atoms with Crippen LogP contribution in [0.5, 0.6) is 0 Å². The fourth-order valence-electron chi connectivity index (χ4n) is 2.84. The van der Waals surface area contributed by atoms with Crippen molar-refractivity contribution in [2.75, 3.05) is 11.9 Å². The number of hydrogen-bond donors (Lipinski definition) is 1. The largest absolute Gasteiger partial charge is 0.369 e. The summed E-state index contributed by atoms with van der Waals surface area (Å²) in [4.78, 5) is 8.86. The molecule has 104 valence electrons. The third kappa shape index (κ3) is 3.02. The molecule has 2 fully saturated rings. The van der Waals surface area contributed by atoms with E-state index in [0.717, 1.165) is 47.9 Å². The van der Waals surface area contributed by atoms with Crippen LogP contribution in [-0.2, 0) is 6.42 Å². The van der Waals surface area contributed by atoms with E-state index in [1.54, 1.807) is 0 Å². The van der Waals surface area contributed by atoms with Crippen molar-refractivity contribution < 1.29 is 0 Å². The normalized spacial score (nSPS) is 18.9. The Morgan fingerprint density at radius 1 is 1.21 bits per heavy atom. The van der Waals surface area contributed by atoms with Crippen LogP contribution in [0.2, 0.25) is 5.15 Å². The van der Waals surface area contributed by atoms with E-state index in [4.69, 9.17) is 11.6 Å². The average Bonchev–Trinajstić information content (AvgIpc) is 3.27. The lowest BCUT2D eigenvalue weighted by Gasteiger charge is -2.18. The Bertz CT molecular complexity index is 455. The topological polar surface area (TPSA) is 37.8 Å². The zero-order chi connectivity index (χ0) is 13.4. The van der Waals surface area contributed by atoms with E-state index in [-0.39, 0.29) is 0 Å². The Balaban J connectivity index is 1.69. The molecule has 4 heteroatoms. The number of hydrogen-bond acceptors (Lipinski definition) is 3. The minimum Gasteiger partial charge on any atom is -0.369 e. The number of aromatic nitrogens is 2. The van der Waals surface area contributed by atoms with Gasteiger partial charge in [0.1, 0.15) is 16.8 Å². The quantitative estimate of drug-likeness (QED) is 0.804. The number of nitrogens with zero attached hydrogens (tertiary/aromatic N) is 2. The van der Waals surface area contributed by atoms with Gasteiger partial charge in [-0.1, -0.05) is 18.5 Å². The first-order valence-corrected chi connectivity index (χ1v) is 7.83. The van der Waals surface area contributed by atoms with Crippen molar-refractivity contribution in [1.29, 1.82) is 0 Å². The highest BCUT2D eigenvalue weighted by Gasteiger charge is 2.41. The molecule has 2 saturated carbocycles. The molecule has 0 amide bonds. The lowest BCUT2D eigenvalue weighted by Crippen LogP contribution is -2.19. The van der Waals surface area contributed by atoms with E-state index >= 15 is 0 Å². The smallest absolute Gasteiger partial charge is 0.137 e. The van der Waals surface area contributed by atoms with Gasteiger partial charge in [0.15, 0.2) is 0 Å². The van der Waals surface area contributed by atoms with Crippen molar-refractivity contribution in [3.63, 3.8) is 0 Å². The second kappa shape index (κ2) is 5.28. The first kappa shape index (κ1) is 13.2. The molecule has 2 aliphatic carbocycles. The molecule has 0 spiro atoms.